The fraction of sp³-hybridized carbons (Fsp3) is 0.588. The van der Waals surface area contributed by atoms with E-state index >= 15 is 0 Å². The molecule has 0 unspecified atom stereocenters. The zero-order valence-corrected chi connectivity index (χ0v) is 12.7. The van der Waals surface area contributed by atoms with Crippen molar-refractivity contribution in [1.29, 1.82) is 0 Å². The van der Waals surface area contributed by atoms with Gasteiger partial charge in [-0.1, -0.05) is 26.2 Å². The number of aliphatic hydroxyl groups excluding tert-OH is 1. The molecule has 4 heteroatoms. The molecule has 1 aromatic carbocycles. The summed E-state index contributed by atoms with van der Waals surface area (Å²) in [7, 11) is 0. The Morgan fingerprint density at radius 3 is 2.67 bits per heavy atom. The first-order valence-electron chi connectivity index (χ1n) is 7.92. The highest BCUT2D eigenvalue weighted by atomic mass is 16.5. The van der Waals surface area contributed by atoms with Gasteiger partial charge in [-0.2, -0.15) is 0 Å². The van der Waals surface area contributed by atoms with Crippen LogP contribution < -0.4 is 10.1 Å². The van der Waals surface area contributed by atoms with Gasteiger partial charge in [-0.25, -0.2) is 0 Å². The predicted octanol–water partition coefficient (Wildman–Crippen LogP) is 2.90. The molecule has 0 saturated heterocycles. The van der Waals surface area contributed by atoms with E-state index in [4.69, 9.17) is 4.74 Å². The van der Waals surface area contributed by atoms with Crippen LogP contribution in [0.5, 0.6) is 5.75 Å². The smallest absolute Gasteiger partial charge is 0.251 e. The van der Waals surface area contributed by atoms with E-state index in [0.29, 0.717) is 12.2 Å². The average Bonchev–Trinajstić information content (AvgIpc) is 2.50. The van der Waals surface area contributed by atoms with E-state index in [2.05, 4.69) is 12.2 Å². The highest BCUT2D eigenvalue weighted by Gasteiger charge is 2.24. The molecule has 4 nitrogen and oxygen atoms in total. The van der Waals surface area contributed by atoms with Crippen molar-refractivity contribution >= 4 is 5.91 Å². The number of ether oxygens (including phenoxy) is 1. The van der Waals surface area contributed by atoms with Gasteiger partial charge in [0, 0.05) is 5.56 Å². The maximum absolute atomic E-state index is 12.2. The number of carbonyl (C=O) groups is 1. The number of hydrogen-bond donors (Lipinski definition) is 2. The van der Waals surface area contributed by atoms with Crippen LogP contribution in [0.15, 0.2) is 24.3 Å². The van der Waals surface area contributed by atoms with E-state index in [9.17, 15) is 9.90 Å². The van der Waals surface area contributed by atoms with Crippen molar-refractivity contribution in [3.63, 3.8) is 0 Å². The summed E-state index contributed by atoms with van der Waals surface area (Å²) in [6, 6.07) is 7.06. The maximum Gasteiger partial charge on any atom is 0.251 e. The van der Waals surface area contributed by atoms with Gasteiger partial charge in [0.2, 0.25) is 0 Å². The van der Waals surface area contributed by atoms with E-state index in [0.717, 1.165) is 44.3 Å². The fourth-order valence-corrected chi connectivity index (χ4v) is 2.57. The maximum atomic E-state index is 12.2. The monoisotopic (exact) mass is 291 g/mol. The topological polar surface area (TPSA) is 58.6 Å². The molecular weight excluding hydrogens is 266 g/mol. The first kappa shape index (κ1) is 15.8. The van der Waals surface area contributed by atoms with Crippen molar-refractivity contribution in [3.8, 4) is 5.75 Å². The number of hydrogen-bond acceptors (Lipinski definition) is 3. The van der Waals surface area contributed by atoms with Crippen LogP contribution in [0.2, 0.25) is 0 Å². The van der Waals surface area contributed by atoms with Crippen LogP contribution in [-0.2, 0) is 0 Å². The Labute approximate surface area is 126 Å². The normalized spacial score (nSPS) is 21.8. The molecule has 1 saturated carbocycles. The summed E-state index contributed by atoms with van der Waals surface area (Å²) in [5.41, 5.74) is 0.607. The molecule has 0 radical (unpaired) electrons. The standard InChI is InChI=1S/C17H25NO3/c1-2-3-12-21-14-10-8-13(9-11-14)17(20)18-15-6-4-5-7-16(15)19/h8-11,15-16,19H,2-7,12H2,1H3,(H,18,20)/t15-,16-/m1/s1. The highest BCUT2D eigenvalue weighted by Crippen LogP contribution is 2.19. The van der Waals surface area contributed by atoms with Gasteiger partial charge in [0.25, 0.3) is 5.91 Å². The molecule has 1 aliphatic carbocycles. The molecular formula is C17H25NO3. The molecule has 2 N–H and O–H groups in total. The summed E-state index contributed by atoms with van der Waals surface area (Å²) in [5.74, 6) is 0.666. The van der Waals surface area contributed by atoms with Crippen molar-refractivity contribution in [3.05, 3.63) is 29.8 Å². The van der Waals surface area contributed by atoms with Gasteiger partial charge in [0.1, 0.15) is 5.75 Å². The third-order valence-electron chi connectivity index (χ3n) is 3.93. The summed E-state index contributed by atoms with van der Waals surface area (Å²) in [4.78, 5) is 12.2. The molecule has 21 heavy (non-hydrogen) atoms. The SMILES string of the molecule is CCCCOc1ccc(C(=O)N[C@@H]2CCCC[C@H]2O)cc1. The van der Waals surface area contributed by atoms with Crippen LogP contribution in [0.3, 0.4) is 0 Å². The summed E-state index contributed by atoms with van der Waals surface area (Å²) in [6.45, 7) is 2.83. The highest BCUT2D eigenvalue weighted by molar-refractivity contribution is 5.94. The molecule has 2 atom stereocenters. The van der Waals surface area contributed by atoms with Crippen molar-refractivity contribution < 1.29 is 14.6 Å². The summed E-state index contributed by atoms with van der Waals surface area (Å²) in [6.07, 6.45) is 5.44. The third kappa shape index (κ3) is 4.74. The van der Waals surface area contributed by atoms with Gasteiger partial charge in [-0.3, -0.25) is 4.79 Å². The lowest BCUT2D eigenvalue weighted by atomic mass is 9.92. The van der Waals surface area contributed by atoms with Crippen molar-refractivity contribution in [1.82, 2.24) is 5.32 Å². The zero-order valence-electron chi connectivity index (χ0n) is 12.7. The van der Waals surface area contributed by atoms with Crippen LogP contribution in [0.25, 0.3) is 0 Å². The van der Waals surface area contributed by atoms with E-state index in [-0.39, 0.29) is 11.9 Å². The number of aliphatic hydroxyl groups is 1. The van der Waals surface area contributed by atoms with Crippen LogP contribution in [-0.4, -0.2) is 29.8 Å². The number of rotatable bonds is 6. The van der Waals surface area contributed by atoms with E-state index in [1.807, 2.05) is 12.1 Å². The Balaban J connectivity index is 1.87. The largest absolute Gasteiger partial charge is 0.494 e. The second kappa shape index (κ2) is 8.03. The average molecular weight is 291 g/mol. The van der Waals surface area contributed by atoms with Crippen LogP contribution >= 0.6 is 0 Å². The lowest BCUT2D eigenvalue weighted by molar-refractivity contribution is 0.0717. The molecule has 1 aliphatic rings. The van der Waals surface area contributed by atoms with Crippen molar-refractivity contribution in [2.45, 2.75) is 57.6 Å². The van der Waals surface area contributed by atoms with Crippen molar-refractivity contribution in [2.75, 3.05) is 6.61 Å². The Kier molecular flexibility index (Phi) is 6.05. The lowest BCUT2D eigenvalue weighted by Gasteiger charge is -2.28. The minimum atomic E-state index is -0.417. The number of amides is 1. The Hall–Kier alpha value is -1.55. The van der Waals surface area contributed by atoms with Gasteiger partial charge < -0.3 is 15.2 Å². The van der Waals surface area contributed by atoms with Gasteiger partial charge in [0.15, 0.2) is 0 Å². The molecule has 0 bridgehead atoms. The lowest BCUT2D eigenvalue weighted by Crippen LogP contribution is -2.45. The summed E-state index contributed by atoms with van der Waals surface area (Å²) in [5, 5.41) is 12.8. The number of carbonyl (C=O) groups excluding carboxylic acids is 1. The Morgan fingerprint density at radius 2 is 2.00 bits per heavy atom. The second-order valence-electron chi connectivity index (χ2n) is 5.66. The minimum absolute atomic E-state index is 0.119. The van der Waals surface area contributed by atoms with Crippen LogP contribution in [0.1, 0.15) is 55.8 Å². The summed E-state index contributed by atoms with van der Waals surface area (Å²) >= 11 is 0. The molecule has 2 rings (SSSR count). The minimum Gasteiger partial charge on any atom is -0.494 e. The van der Waals surface area contributed by atoms with Gasteiger partial charge in [0.05, 0.1) is 18.8 Å². The first-order chi connectivity index (χ1) is 10.2. The van der Waals surface area contributed by atoms with Crippen molar-refractivity contribution in [2.24, 2.45) is 0 Å². The quantitative estimate of drug-likeness (QED) is 0.792. The second-order valence-corrected chi connectivity index (χ2v) is 5.66. The molecule has 0 heterocycles. The summed E-state index contributed by atoms with van der Waals surface area (Å²) < 4.78 is 5.58. The van der Waals surface area contributed by atoms with Crippen LogP contribution in [0, 0.1) is 0 Å². The number of unbranched alkanes of at least 4 members (excludes halogenated alkanes) is 1. The third-order valence-corrected chi connectivity index (χ3v) is 3.93. The molecule has 1 aromatic rings. The van der Waals surface area contributed by atoms with E-state index in [1.165, 1.54) is 0 Å². The first-order valence-corrected chi connectivity index (χ1v) is 7.92. The predicted molar refractivity (Wildman–Crippen MR) is 82.6 cm³/mol. The van der Waals surface area contributed by atoms with E-state index < -0.39 is 6.10 Å². The molecule has 1 fully saturated rings. The zero-order chi connectivity index (χ0) is 15.1. The van der Waals surface area contributed by atoms with Gasteiger partial charge >= 0.3 is 0 Å². The molecule has 116 valence electrons. The molecule has 0 aromatic heterocycles. The van der Waals surface area contributed by atoms with E-state index in [1.54, 1.807) is 12.1 Å². The van der Waals surface area contributed by atoms with Crippen LogP contribution in [0.4, 0.5) is 0 Å². The number of nitrogens with one attached hydrogen (secondary N) is 1. The Morgan fingerprint density at radius 1 is 1.29 bits per heavy atom. The Bertz CT molecular complexity index is 444. The molecule has 0 aliphatic heterocycles. The molecule has 0 spiro atoms. The fourth-order valence-electron chi connectivity index (χ4n) is 2.57. The molecule has 1 amide bonds. The van der Waals surface area contributed by atoms with Gasteiger partial charge in [-0.05, 0) is 43.5 Å². The van der Waals surface area contributed by atoms with Gasteiger partial charge in [-0.15, -0.1) is 0 Å². The number of benzene rings is 1.